The number of rotatable bonds is 7. The molecule has 0 aromatic heterocycles. The highest BCUT2D eigenvalue weighted by Gasteiger charge is 2.10. The van der Waals surface area contributed by atoms with Gasteiger partial charge >= 0.3 is 0 Å². The van der Waals surface area contributed by atoms with E-state index in [2.05, 4.69) is 28.2 Å². The molecule has 3 nitrogen and oxygen atoms in total. The minimum atomic E-state index is 0.0670. The summed E-state index contributed by atoms with van der Waals surface area (Å²) in [4.78, 5) is 11.8. The van der Waals surface area contributed by atoms with E-state index >= 15 is 0 Å². The van der Waals surface area contributed by atoms with Gasteiger partial charge in [0.05, 0.1) is 5.69 Å². The summed E-state index contributed by atoms with van der Waals surface area (Å²) in [6, 6.07) is 7.63. The summed E-state index contributed by atoms with van der Waals surface area (Å²) in [6.07, 6.45) is 3.54. The van der Waals surface area contributed by atoms with E-state index in [0.717, 1.165) is 29.4 Å². The van der Waals surface area contributed by atoms with Gasteiger partial charge in [-0.05, 0) is 53.4 Å². The summed E-state index contributed by atoms with van der Waals surface area (Å²) in [5.41, 5.74) is 6.38. The summed E-state index contributed by atoms with van der Waals surface area (Å²) in [5, 5.41) is 2.91. The van der Waals surface area contributed by atoms with Crippen molar-refractivity contribution in [3.05, 3.63) is 28.7 Å². The van der Waals surface area contributed by atoms with Crippen LogP contribution in [0.4, 0.5) is 5.69 Å². The van der Waals surface area contributed by atoms with E-state index in [0.29, 0.717) is 18.9 Å². The fourth-order valence-corrected chi connectivity index (χ4v) is 2.28. The number of halogens is 1. The first kappa shape index (κ1) is 15.2. The monoisotopic (exact) mass is 312 g/mol. The third-order valence-electron chi connectivity index (χ3n) is 3.08. The highest BCUT2D eigenvalue weighted by Crippen LogP contribution is 2.22. The summed E-state index contributed by atoms with van der Waals surface area (Å²) in [7, 11) is 0. The van der Waals surface area contributed by atoms with Gasteiger partial charge in [0.25, 0.3) is 0 Å². The van der Waals surface area contributed by atoms with Gasteiger partial charge in [0, 0.05) is 10.9 Å². The summed E-state index contributed by atoms with van der Waals surface area (Å²) < 4.78 is 0.910. The highest BCUT2D eigenvalue weighted by atomic mass is 79.9. The molecule has 0 bridgehead atoms. The van der Waals surface area contributed by atoms with E-state index in [1.54, 1.807) is 0 Å². The van der Waals surface area contributed by atoms with Gasteiger partial charge in [-0.25, -0.2) is 0 Å². The molecule has 0 aliphatic carbocycles. The van der Waals surface area contributed by atoms with Crippen LogP contribution >= 0.6 is 15.9 Å². The second-order valence-corrected chi connectivity index (χ2v) is 5.27. The molecular formula is C14H21BrN2O. The van der Waals surface area contributed by atoms with Gasteiger partial charge in [0.15, 0.2) is 0 Å². The van der Waals surface area contributed by atoms with E-state index in [9.17, 15) is 4.79 Å². The van der Waals surface area contributed by atoms with Crippen molar-refractivity contribution >= 4 is 27.5 Å². The molecule has 1 amide bonds. The van der Waals surface area contributed by atoms with Crippen LogP contribution in [0.2, 0.25) is 0 Å². The lowest BCUT2D eigenvalue weighted by Crippen LogP contribution is -2.15. The molecular weight excluding hydrogens is 292 g/mol. The lowest BCUT2D eigenvalue weighted by Gasteiger charge is -2.13. The third-order valence-corrected chi connectivity index (χ3v) is 3.77. The molecule has 0 saturated carbocycles. The molecule has 0 aliphatic heterocycles. The van der Waals surface area contributed by atoms with Gasteiger partial charge in [0.1, 0.15) is 0 Å². The van der Waals surface area contributed by atoms with Crippen LogP contribution < -0.4 is 11.1 Å². The Kier molecular flexibility index (Phi) is 6.98. The maximum absolute atomic E-state index is 11.8. The average Bonchev–Trinajstić information content (AvgIpc) is 2.37. The Morgan fingerprint density at radius 2 is 2.11 bits per heavy atom. The second-order valence-electron chi connectivity index (χ2n) is 4.42. The number of nitrogens with two attached hydrogens (primary N) is 1. The quantitative estimate of drug-likeness (QED) is 0.809. The first-order chi connectivity index (χ1) is 8.67. The highest BCUT2D eigenvalue weighted by molar-refractivity contribution is 9.10. The fourth-order valence-electron chi connectivity index (χ4n) is 1.90. The molecule has 0 saturated heterocycles. The van der Waals surface area contributed by atoms with Crippen molar-refractivity contribution in [3.8, 4) is 0 Å². The maximum Gasteiger partial charge on any atom is 0.224 e. The molecule has 1 aromatic rings. The van der Waals surface area contributed by atoms with Crippen molar-refractivity contribution in [2.75, 3.05) is 11.9 Å². The van der Waals surface area contributed by atoms with Crippen LogP contribution in [-0.4, -0.2) is 12.5 Å². The van der Waals surface area contributed by atoms with E-state index in [-0.39, 0.29) is 5.91 Å². The number of benzene rings is 1. The molecule has 3 N–H and O–H groups in total. The van der Waals surface area contributed by atoms with Crippen LogP contribution in [0.3, 0.4) is 0 Å². The minimum absolute atomic E-state index is 0.0670. The lowest BCUT2D eigenvalue weighted by molar-refractivity contribution is -0.116. The molecule has 1 unspecified atom stereocenters. The van der Waals surface area contributed by atoms with Crippen molar-refractivity contribution in [2.24, 2.45) is 11.7 Å². The number of para-hydroxylation sites is 1. The molecule has 4 heteroatoms. The zero-order valence-corrected chi connectivity index (χ0v) is 12.4. The SMILES string of the molecule is CCC(CCN)CCC(=O)Nc1ccccc1Br. The number of nitrogens with one attached hydrogen (secondary N) is 1. The van der Waals surface area contributed by atoms with E-state index in [1.807, 2.05) is 24.3 Å². The second kappa shape index (κ2) is 8.27. The summed E-state index contributed by atoms with van der Waals surface area (Å²) in [5.74, 6) is 0.623. The summed E-state index contributed by atoms with van der Waals surface area (Å²) in [6.45, 7) is 2.84. The molecule has 0 heterocycles. The number of amides is 1. The molecule has 18 heavy (non-hydrogen) atoms. The smallest absolute Gasteiger partial charge is 0.224 e. The average molecular weight is 313 g/mol. The first-order valence-corrected chi connectivity index (χ1v) is 7.21. The van der Waals surface area contributed by atoms with E-state index in [4.69, 9.17) is 5.73 Å². The third kappa shape index (κ3) is 5.19. The van der Waals surface area contributed by atoms with Crippen LogP contribution in [-0.2, 0) is 4.79 Å². The van der Waals surface area contributed by atoms with Gasteiger partial charge < -0.3 is 11.1 Å². The Labute approximate surface area is 117 Å². The molecule has 100 valence electrons. The van der Waals surface area contributed by atoms with Crippen molar-refractivity contribution < 1.29 is 4.79 Å². The minimum Gasteiger partial charge on any atom is -0.330 e. The predicted octanol–water partition coefficient (Wildman–Crippen LogP) is 3.54. The predicted molar refractivity (Wildman–Crippen MR) is 79.5 cm³/mol. The standard InChI is InChI=1S/C14H21BrN2O/c1-2-11(9-10-16)7-8-14(18)17-13-6-4-3-5-12(13)15/h3-6,11H,2,7-10,16H2,1H3,(H,17,18). The number of hydrogen-bond donors (Lipinski definition) is 2. The van der Waals surface area contributed by atoms with Crippen molar-refractivity contribution in [1.29, 1.82) is 0 Å². The number of carbonyl (C=O) groups is 1. The number of carbonyl (C=O) groups excluding carboxylic acids is 1. The van der Waals surface area contributed by atoms with E-state index in [1.165, 1.54) is 0 Å². The topological polar surface area (TPSA) is 55.1 Å². The van der Waals surface area contributed by atoms with Crippen LogP contribution in [0.1, 0.15) is 32.6 Å². The molecule has 0 radical (unpaired) electrons. The Balaban J connectivity index is 2.40. The van der Waals surface area contributed by atoms with Gasteiger partial charge in [-0.15, -0.1) is 0 Å². The van der Waals surface area contributed by atoms with Gasteiger partial charge in [0.2, 0.25) is 5.91 Å². The molecule has 1 rings (SSSR count). The zero-order valence-electron chi connectivity index (χ0n) is 10.8. The largest absolute Gasteiger partial charge is 0.330 e. The Morgan fingerprint density at radius 3 is 2.72 bits per heavy atom. The zero-order chi connectivity index (χ0) is 13.4. The Morgan fingerprint density at radius 1 is 1.39 bits per heavy atom. The van der Waals surface area contributed by atoms with Crippen molar-refractivity contribution in [2.45, 2.75) is 32.6 Å². The van der Waals surface area contributed by atoms with Gasteiger partial charge in [-0.3, -0.25) is 4.79 Å². The first-order valence-electron chi connectivity index (χ1n) is 6.41. The summed E-state index contributed by atoms with van der Waals surface area (Å²) >= 11 is 3.41. The van der Waals surface area contributed by atoms with Gasteiger partial charge in [-0.2, -0.15) is 0 Å². The molecule has 0 aliphatic rings. The van der Waals surface area contributed by atoms with Crippen LogP contribution in [0.25, 0.3) is 0 Å². The van der Waals surface area contributed by atoms with Crippen molar-refractivity contribution in [1.82, 2.24) is 0 Å². The van der Waals surface area contributed by atoms with Crippen LogP contribution in [0.5, 0.6) is 0 Å². The van der Waals surface area contributed by atoms with Crippen molar-refractivity contribution in [3.63, 3.8) is 0 Å². The number of anilines is 1. The van der Waals surface area contributed by atoms with Crippen LogP contribution in [0.15, 0.2) is 28.7 Å². The molecule has 0 spiro atoms. The maximum atomic E-state index is 11.8. The normalized spacial score (nSPS) is 12.2. The van der Waals surface area contributed by atoms with Gasteiger partial charge in [-0.1, -0.05) is 25.5 Å². The number of hydrogen-bond acceptors (Lipinski definition) is 2. The molecule has 1 atom stereocenters. The molecule has 0 fully saturated rings. The Hall–Kier alpha value is -0.870. The lowest BCUT2D eigenvalue weighted by atomic mass is 9.96. The van der Waals surface area contributed by atoms with Crippen LogP contribution in [0, 0.1) is 5.92 Å². The fraction of sp³-hybridized carbons (Fsp3) is 0.500. The van der Waals surface area contributed by atoms with E-state index < -0.39 is 0 Å². The Bertz CT molecular complexity index is 382. The molecule has 1 aromatic carbocycles.